The Morgan fingerprint density at radius 3 is 2.79 bits per heavy atom. The van der Waals surface area contributed by atoms with E-state index in [9.17, 15) is 4.79 Å². The van der Waals surface area contributed by atoms with Crippen LogP contribution >= 0.6 is 27.5 Å². The Balaban J connectivity index is 2.10. The lowest BCUT2D eigenvalue weighted by atomic mass is 10.2. The van der Waals surface area contributed by atoms with E-state index in [-0.39, 0.29) is 5.76 Å². The molecule has 0 aliphatic heterocycles. The minimum Gasteiger partial charge on any atom is -0.475 e. The van der Waals surface area contributed by atoms with E-state index in [1.165, 1.54) is 0 Å². The molecule has 19 heavy (non-hydrogen) atoms. The monoisotopic (exact) mass is 343 g/mol. The van der Waals surface area contributed by atoms with Gasteiger partial charge in [-0.25, -0.2) is 4.79 Å². The minimum atomic E-state index is -1.06. The molecule has 0 spiro atoms. The highest BCUT2D eigenvalue weighted by atomic mass is 79.9. The van der Waals surface area contributed by atoms with Gasteiger partial charge < -0.3 is 14.8 Å². The maximum atomic E-state index is 10.9. The normalized spacial score (nSPS) is 10.5. The molecule has 2 rings (SSSR count). The topological polar surface area (TPSA) is 62.5 Å². The number of rotatable bonds is 4. The molecule has 0 unspecified atom stereocenters. The number of aromatic carboxylic acids is 1. The molecule has 6 heteroatoms. The Kier molecular flexibility index (Phi) is 4.17. The van der Waals surface area contributed by atoms with Gasteiger partial charge >= 0.3 is 5.97 Å². The van der Waals surface area contributed by atoms with Gasteiger partial charge in [-0.2, -0.15) is 0 Å². The lowest BCUT2D eigenvalue weighted by Crippen LogP contribution is -1.99. The number of aryl methyl sites for hydroxylation is 1. The maximum absolute atomic E-state index is 10.9. The fraction of sp³-hybridized carbons (Fsp3) is 0.154. The van der Waals surface area contributed by atoms with E-state index in [4.69, 9.17) is 21.1 Å². The van der Waals surface area contributed by atoms with Crippen LogP contribution in [0.1, 0.15) is 21.9 Å². The highest BCUT2D eigenvalue weighted by Gasteiger charge is 2.14. The first-order valence-electron chi connectivity index (χ1n) is 5.49. The predicted octanol–water partition coefficient (Wildman–Crippen LogP) is 4.31. The zero-order valence-electron chi connectivity index (χ0n) is 10.0. The van der Waals surface area contributed by atoms with Crippen LogP contribution in [0.3, 0.4) is 0 Å². The Morgan fingerprint density at radius 1 is 1.47 bits per heavy atom. The summed E-state index contributed by atoms with van der Waals surface area (Å²) in [5, 5.41) is 12.7. The van der Waals surface area contributed by atoms with Gasteiger partial charge in [0, 0.05) is 20.7 Å². The van der Waals surface area contributed by atoms with Gasteiger partial charge in [0.05, 0.1) is 6.54 Å². The molecule has 4 nitrogen and oxygen atoms in total. The van der Waals surface area contributed by atoms with Crippen LogP contribution in [0.2, 0.25) is 5.02 Å². The summed E-state index contributed by atoms with van der Waals surface area (Å²) in [7, 11) is 0. The molecular weight excluding hydrogens is 334 g/mol. The molecule has 100 valence electrons. The summed E-state index contributed by atoms with van der Waals surface area (Å²) >= 11 is 9.24. The smallest absolute Gasteiger partial charge is 0.372 e. The van der Waals surface area contributed by atoms with Crippen LogP contribution in [0.5, 0.6) is 0 Å². The molecule has 0 atom stereocenters. The third-order valence-electron chi connectivity index (χ3n) is 2.55. The van der Waals surface area contributed by atoms with E-state index in [2.05, 4.69) is 21.2 Å². The van der Waals surface area contributed by atoms with Crippen molar-refractivity contribution in [2.24, 2.45) is 0 Å². The Labute approximate surface area is 123 Å². The number of carboxylic acid groups (broad SMARTS) is 1. The molecule has 0 saturated carbocycles. The average molecular weight is 345 g/mol. The Hall–Kier alpha value is -1.46. The summed E-state index contributed by atoms with van der Waals surface area (Å²) in [4.78, 5) is 10.9. The average Bonchev–Trinajstić information content (AvgIpc) is 2.69. The summed E-state index contributed by atoms with van der Waals surface area (Å²) in [6.45, 7) is 2.10. The number of anilines is 1. The summed E-state index contributed by atoms with van der Waals surface area (Å²) in [5.41, 5.74) is 1.47. The van der Waals surface area contributed by atoms with E-state index in [0.29, 0.717) is 22.9 Å². The number of hydrogen-bond donors (Lipinski definition) is 2. The van der Waals surface area contributed by atoms with Crippen LogP contribution in [0.4, 0.5) is 5.69 Å². The van der Waals surface area contributed by atoms with Crippen molar-refractivity contribution in [1.29, 1.82) is 0 Å². The van der Waals surface area contributed by atoms with Gasteiger partial charge in [0.1, 0.15) is 5.76 Å². The van der Waals surface area contributed by atoms with E-state index in [1.807, 2.05) is 6.07 Å². The summed E-state index contributed by atoms with van der Waals surface area (Å²) < 4.78 is 6.09. The van der Waals surface area contributed by atoms with Gasteiger partial charge in [0.25, 0.3) is 0 Å². The van der Waals surface area contributed by atoms with Crippen molar-refractivity contribution in [1.82, 2.24) is 0 Å². The number of carboxylic acids is 1. The first-order chi connectivity index (χ1) is 8.97. The number of halogens is 2. The number of hydrogen-bond acceptors (Lipinski definition) is 3. The van der Waals surface area contributed by atoms with Crippen molar-refractivity contribution >= 4 is 39.2 Å². The molecule has 0 radical (unpaired) electrons. The molecule has 0 fully saturated rings. The molecule has 0 saturated heterocycles. The molecule has 0 aliphatic carbocycles. The van der Waals surface area contributed by atoms with Gasteiger partial charge in [-0.1, -0.05) is 11.6 Å². The van der Waals surface area contributed by atoms with Crippen LogP contribution in [-0.2, 0) is 6.54 Å². The lowest BCUT2D eigenvalue weighted by Gasteiger charge is -2.07. The van der Waals surface area contributed by atoms with Crippen molar-refractivity contribution in [2.75, 3.05) is 5.32 Å². The van der Waals surface area contributed by atoms with Crippen LogP contribution in [-0.4, -0.2) is 11.1 Å². The molecule has 2 N–H and O–H groups in total. The fourth-order valence-electron chi connectivity index (χ4n) is 1.66. The maximum Gasteiger partial charge on any atom is 0.372 e. The van der Waals surface area contributed by atoms with Crippen molar-refractivity contribution in [3.05, 3.63) is 50.8 Å². The third-order valence-corrected chi connectivity index (χ3v) is 3.44. The van der Waals surface area contributed by atoms with Crippen molar-refractivity contribution in [3.63, 3.8) is 0 Å². The van der Waals surface area contributed by atoms with Crippen molar-refractivity contribution < 1.29 is 14.3 Å². The van der Waals surface area contributed by atoms with E-state index in [0.717, 1.165) is 10.2 Å². The SMILES string of the molecule is Cc1cc(CNc2ccc(Cl)cc2Br)oc1C(=O)O. The Bertz CT molecular complexity index is 624. The van der Waals surface area contributed by atoms with Gasteiger partial charge in [0.2, 0.25) is 5.76 Å². The number of benzene rings is 1. The van der Waals surface area contributed by atoms with Crippen molar-refractivity contribution in [3.8, 4) is 0 Å². The second-order valence-electron chi connectivity index (χ2n) is 4.01. The van der Waals surface area contributed by atoms with Gasteiger partial charge in [-0.3, -0.25) is 0 Å². The molecule has 1 aromatic carbocycles. The van der Waals surface area contributed by atoms with Crippen LogP contribution in [0, 0.1) is 6.92 Å². The molecule has 2 aromatic rings. The zero-order valence-corrected chi connectivity index (χ0v) is 12.4. The fourth-order valence-corrected chi connectivity index (χ4v) is 2.49. The molecule has 1 heterocycles. The first kappa shape index (κ1) is 14.0. The van der Waals surface area contributed by atoms with Gasteiger partial charge in [-0.15, -0.1) is 0 Å². The van der Waals surface area contributed by atoms with Gasteiger partial charge in [0.15, 0.2) is 0 Å². The Morgan fingerprint density at radius 2 is 2.21 bits per heavy atom. The summed E-state index contributed by atoms with van der Waals surface area (Å²) in [5.74, 6) is -0.514. The highest BCUT2D eigenvalue weighted by Crippen LogP contribution is 2.26. The minimum absolute atomic E-state index is 0.0213. The van der Waals surface area contributed by atoms with E-state index in [1.54, 1.807) is 25.1 Å². The molecule has 0 aliphatic rings. The van der Waals surface area contributed by atoms with Crippen LogP contribution in [0.25, 0.3) is 0 Å². The summed E-state index contributed by atoms with van der Waals surface area (Å²) in [6.07, 6.45) is 0. The van der Waals surface area contributed by atoms with E-state index < -0.39 is 5.97 Å². The van der Waals surface area contributed by atoms with E-state index >= 15 is 0 Å². The first-order valence-corrected chi connectivity index (χ1v) is 6.66. The quantitative estimate of drug-likeness (QED) is 0.867. The standard InChI is InChI=1S/C13H11BrClNO3/c1-7-4-9(19-12(7)13(17)18)6-16-11-3-2-8(15)5-10(11)14/h2-5,16H,6H2,1H3,(H,17,18). The largest absolute Gasteiger partial charge is 0.475 e. The third kappa shape index (κ3) is 3.30. The highest BCUT2D eigenvalue weighted by molar-refractivity contribution is 9.10. The number of carbonyl (C=O) groups is 1. The van der Waals surface area contributed by atoms with Crippen LogP contribution < -0.4 is 5.32 Å². The molecule has 1 aromatic heterocycles. The van der Waals surface area contributed by atoms with Crippen LogP contribution in [0.15, 0.2) is 33.2 Å². The zero-order chi connectivity index (χ0) is 14.0. The molecule has 0 bridgehead atoms. The van der Waals surface area contributed by atoms with Gasteiger partial charge in [-0.05, 0) is 47.1 Å². The van der Waals surface area contributed by atoms with Crippen molar-refractivity contribution in [2.45, 2.75) is 13.5 Å². The summed E-state index contributed by atoms with van der Waals surface area (Å²) in [6, 6.07) is 7.09. The number of nitrogens with one attached hydrogen (secondary N) is 1. The molecular formula is C13H11BrClNO3. The molecule has 0 amide bonds. The lowest BCUT2D eigenvalue weighted by molar-refractivity contribution is 0.0659. The number of furan rings is 1. The second kappa shape index (κ2) is 5.67. The second-order valence-corrected chi connectivity index (χ2v) is 5.30. The predicted molar refractivity (Wildman–Crippen MR) is 76.9 cm³/mol.